The number of hydrogen-bond acceptors (Lipinski definition) is 3. The fourth-order valence-electron chi connectivity index (χ4n) is 2.15. The van der Waals surface area contributed by atoms with E-state index in [1.807, 2.05) is 45.0 Å². The number of rotatable bonds is 8. The second kappa shape index (κ2) is 8.52. The molecular formula is C16H26N2O3. The van der Waals surface area contributed by atoms with Gasteiger partial charge in [0.2, 0.25) is 0 Å². The molecule has 3 N–H and O–H groups in total. The SMILES string of the molecule is CCCC(C)(CO)NC(=O)NCc1cccc(OCC)c1. The molecule has 0 aliphatic carbocycles. The van der Waals surface area contributed by atoms with Gasteiger partial charge in [-0.1, -0.05) is 25.5 Å². The number of benzene rings is 1. The van der Waals surface area contributed by atoms with Crippen molar-refractivity contribution in [3.63, 3.8) is 0 Å². The Morgan fingerprint density at radius 3 is 2.76 bits per heavy atom. The van der Waals surface area contributed by atoms with E-state index in [-0.39, 0.29) is 12.6 Å². The molecule has 118 valence electrons. The van der Waals surface area contributed by atoms with Crippen LogP contribution < -0.4 is 15.4 Å². The van der Waals surface area contributed by atoms with Crippen LogP contribution in [0.2, 0.25) is 0 Å². The third kappa shape index (κ3) is 6.04. The Kier molecular flexibility index (Phi) is 7.02. The highest BCUT2D eigenvalue weighted by atomic mass is 16.5. The van der Waals surface area contributed by atoms with E-state index in [1.165, 1.54) is 0 Å². The summed E-state index contributed by atoms with van der Waals surface area (Å²) in [6, 6.07) is 7.34. The Balaban J connectivity index is 2.50. The van der Waals surface area contributed by atoms with Crippen LogP contribution in [0.4, 0.5) is 4.79 Å². The first-order chi connectivity index (χ1) is 10.0. The van der Waals surface area contributed by atoms with Gasteiger partial charge >= 0.3 is 6.03 Å². The van der Waals surface area contributed by atoms with E-state index in [9.17, 15) is 9.90 Å². The molecule has 1 aromatic rings. The van der Waals surface area contributed by atoms with Gasteiger partial charge in [-0.3, -0.25) is 0 Å². The number of nitrogens with one attached hydrogen (secondary N) is 2. The normalized spacial score (nSPS) is 13.3. The topological polar surface area (TPSA) is 70.6 Å². The lowest BCUT2D eigenvalue weighted by Crippen LogP contribution is -2.52. The maximum Gasteiger partial charge on any atom is 0.315 e. The summed E-state index contributed by atoms with van der Waals surface area (Å²) in [4.78, 5) is 11.9. The van der Waals surface area contributed by atoms with Gasteiger partial charge in [0.25, 0.3) is 0 Å². The molecule has 0 aliphatic rings. The number of hydrogen-bond donors (Lipinski definition) is 3. The van der Waals surface area contributed by atoms with E-state index in [0.717, 1.165) is 24.2 Å². The first-order valence-corrected chi connectivity index (χ1v) is 7.41. The standard InChI is InChI=1S/C16H26N2O3/c1-4-9-16(3,12-19)18-15(20)17-11-13-7-6-8-14(10-13)21-5-2/h6-8,10,19H,4-5,9,11-12H2,1-3H3,(H2,17,18,20). The Morgan fingerprint density at radius 2 is 2.14 bits per heavy atom. The van der Waals surface area contributed by atoms with Gasteiger partial charge in [0.15, 0.2) is 0 Å². The van der Waals surface area contributed by atoms with Crippen molar-refractivity contribution in [2.24, 2.45) is 0 Å². The number of carbonyl (C=O) groups is 1. The van der Waals surface area contributed by atoms with E-state index >= 15 is 0 Å². The molecule has 0 fully saturated rings. The van der Waals surface area contributed by atoms with E-state index < -0.39 is 5.54 Å². The van der Waals surface area contributed by atoms with Gasteiger partial charge in [0.1, 0.15) is 5.75 Å². The summed E-state index contributed by atoms with van der Waals surface area (Å²) in [6.07, 6.45) is 1.63. The zero-order chi connectivity index (χ0) is 15.7. The van der Waals surface area contributed by atoms with Crippen LogP contribution in [0.15, 0.2) is 24.3 Å². The number of aliphatic hydroxyl groups excluding tert-OH is 1. The third-order valence-electron chi connectivity index (χ3n) is 3.23. The fraction of sp³-hybridized carbons (Fsp3) is 0.562. The van der Waals surface area contributed by atoms with Gasteiger partial charge in [0, 0.05) is 6.54 Å². The molecule has 0 aromatic heterocycles. The number of urea groups is 1. The summed E-state index contributed by atoms with van der Waals surface area (Å²) in [5, 5.41) is 15.0. The lowest BCUT2D eigenvalue weighted by atomic mass is 9.98. The second-order valence-electron chi connectivity index (χ2n) is 5.36. The summed E-state index contributed by atoms with van der Waals surface area (Å²) < 4.78 is 5.42. The van der Waals surface area contributed by atoms with Crippen LogP contribution in [-0.4, -0.2) is 29.9 Å². The van der Waals surface area contributed by atoms with Crippen molar-refractivity contribution >= 4 is 6.03 Å². The van der Waals surface area contributed by atoms with Crippen LogP contribution in [0.5, 0.6) is 5.75 Å². The van der Waals surface area contributed by atoms with Crippen LogP contribution in [0, 0.1) is 0 Å². The molecule has 1 aromatic carbocycles. The minimum Gasteiger partial charge on any atom is -0.494 e. The molecule has 5 heteroatoms. The average Bonchev–Trinajstić information content (AvgIpc) is 2.46. The predicted molar refractivity (Wildman–Crippen MR) is 83.4 cm³/mol. The molecule has 0 saturated carbocycles. The molecule has 1 rings (SSSR count). The van der Waals surface area contributed by atoms with Crippen molar-refractivity contribution < 1.29 is 14.6 Å². The van der Waals surface area contributed by atoms with E-state index in [4.69, 9.17) is 4.74 Å². The summed E-state index contributed by atoms with van der Waals surface area (Å²) >= 11 is 0. The minimum atomic E-state index is -0.577. The van der Waals surface area contributed by atoms with E-state index in [1.54, 1.807) is 0 Å². The van der Waals surface area contributed by atoms with Crippen molar-refractivity contribution in [1.29, 1.82) is 0 Å². The second-order valence-corrected chi connectivity index (χ2v) is 5.36. The van der Waals surface area contributed by atoms with E-state index in [0.29, 0.717) is 13.2 Å². The van der Waals surface area contributed by atoms with Gasteiger partial charge in [0.05, 0.1) is 18.8 Å². The van der Waals surface area contributed by atoms with Gasteiger partial charge in [-0.15, -0.1) is 0 Å². The van der Waals surface area contributed by atoms with Crippen molar-refractivity contribution in [3.8, 4) is 5.75 Å². The summed E-state index contributed by atoms with van der Waals surface area (Å²) in [5.41, 5.74) is 0.392. The quantitative estimate of drug-likeness (QED) is 0.689. The zero-order valence-corrected chi connectivity index (χ0v) is 13.1. The number of aliphatic hydroxyl groups is 1. The fourth-order valence-corrected chi connectivity index (χ4v) is 2.15. The zero-order valence-electron chi connectivity index (χ0n) is 13.1. The van der Waals surface area contributed by atoms with Crippen LogP contribution in [-0.2, 0) is 6.54 Å². The van der Waals surface area contributed by atoms with Gasteiger partial charge in [-0.05, 0) is 38.0 Å². The number of amides is 2. The molecule has 0 radical (unpaired) electrons. The summed E-state index contributed by atoms with van der Waals surface area (Å²) in [7, 11) is 0. The van der Waals surface area contributed by atoms with Gasteiger partial charge < -0.3 is 20.5 Å². The van der Waals surface area contributed by atoms with Crippen LogP contribution in [0.1, 0.15) is 39.2 Å². The molecular weight excluding hydrogens is 268 g/mol. The van der Waals surface area contributed by atoms with Crippen molar-refractivity contribution in [2.75, 3.05) is 13.2 Å². The Bertz CT molecular complexity index is 451. The first kappa shape index (κ1) is 17.3. The van der Waals surface area contributed by atoms with E-state index in [2.05, 4.69) is 10.6 Å². The largest absolute Gasteiger partial charge is 0.494 e. The molecule has 0 spiro atoms. The number of ether oxygens (including phenoxy) is 1. The maximum atomic E-state index is 11.9. The molecule has 0 aliphatic heterocycles. The lowest BCUT2D eigenvalue weighted by Gasteiger charge is -2.28. The van der Waals surface area contributed by atoms with Crippen LogP contribution >= 0.6 is 0 Å². The minimum absolute atomic E-state index is 0.0753. The Hall–Kier alpha value is -1.75. The monoisotopic (exact) mass is 294 g/mol. The van der Waals surface area contributed by atoms with Gasteiger partial charge in [-0.2, -0.15) is 0 Å². The highest BCUT2D eigenvalue weighted by Gasteiger charge is 2.24. The summed E-state index contributed by atoms with van der Waals surface area (Å²) in [5.74, 6) is 0.795. The maximum absolute atomic E-state index is 11.9. The average molecular weight is 294 g/mol. The Labute approximate surface area is 126 Å². The molecule has 5 nitrogen and oxygen atoms in total. The summed E-state index contributed by atoms with van der Waals surface area (Å²) in [6.45, 7) is 6.75. The molecule has 21 heavy (non-hydrogen) atoms. The molecule has 2 amide bonds. The molecule has 0 heterocycles. The molecule has 1 unspecified atom stereocenters. The molecule has 0 saturated heterocycles. The van der Waals surface area contributed by atoms with Crippen LogP contribution in [0.3, 0.4) is 0 Å². The molecule has 1 atom stereocenters. The third-order valence-corrected chi connectivity index (χ3v) is 3.23. The van der Waals surface area contributed by atoms with Gasteiger partial charge in [-0.25, -0.2) is 4.79 Å². The molecule has 0 bridgehead atoms. The highest BCUT2D eigenvalue weighted by molar-refractivity contribution is 5.74. The Morgan fingerprint density at radius 1 is 1.38 bits per heavy atom. The van der Waals surface area contributed by atoms with Crippen molar-refractivity contribution in [2.45, 2.75) is 45.7 Å². The number of carbonyl (C=O) groups excluding carboxylic acids is 1. The lowest BCUT2D eigenvalue weighted by molar-refractivity contribution is 0.163. The van der Waals surface area contributed by atoms with Crippen LogP contribution in [0.25, 0.3) is 0 Å². The first-order valence-electron chi connectivity index (χ1n) is 7.41. The predicted octanol–water partition coefficient (Wildman–Crippen LogP) is 2.44. The highest BCUT2D eigenvalue weighted by Crippen LogP contribution is 2.13. The van der Waals surface area contributed by atoms with Crippen molar-refractivity contribution in [1.82, 2.24) is 10.6 Å². The smallest absolute Gasteiger partial charge is 0.315 e. The van der Waals surface area contributed by atoms with Crippen molar-refractivity contribution in [3.05, 3.63) is 29.8 Å².